The minimum atomic E-state index is -0.617. The summed E-state index contributed by atoms with van der Waals surface area (Å²) in [4.78, 5) is 15.9. The number of hydrogen-bond donors (Lipinski definition) is 3. The number of ether oxygens (including phenoxy) is 4. The fraction of sp³-hybridized carbons (Fsp3) is 0.537. The molecule has 6 aliphatic rings. The monoisotopic (exact) mass is 681 g/mol. The van der Waals surface area contributed by atoms with Crippen LogP contribution in [0.25, 0.3) is 0 Å². The zero-order valence-electron chi connectivity index (χ0n) is 29.5. The molecule has 2 aliphatic heterocycles. The van der Waals surface area contributed by atoms with Gasteiger partial charge < -0.3 is 34.7 Å². The van der Waals surface area contributed by atoms with Crippen LogP contribution in [-0.4, -0.2) is 55.0 Å². The topological polar surface area (TPSA) is 102 Å². The Morgan fingerprint density at radius 1 is 0.900 bits per heavy atom. The normalized spacial score (nSPS) is 31.6. The largest absolute Gasteiger partial charge is 0.493 e. The van der Waals surface area contributed by atoms with Crippen LogP contribution in [0, 0.1) is 23.7 Å². The lowest BCUT2D eigenvalue weighted by molar-refractivity contribution is -0.276. The van der Waals surface area contributed by atoms with Gasteiger partial charge in [-0.1, -0.05) is 43.3 Å². The number of carbonyl (C=O) groups excluding carboxylic acids is 1. The minimum Gasteiger partial charge on any atom is -0.493 e. The van der Waals surface area contributed by atoms with E-state index < -0.39 is 6.29 Å². The van der Waals surface area contributed by atoms with Gasteiger partial charge in [-0.25, -0.2) is 4.79 Å². The fourth-order valence-electron chi connectivity index (χ4n) is 10.1. The highest BCUT2D eigenvalue weighted by Gasteiger charge is 2.51. The Bertz CT molecular complexity index is 1660. The van der Waals surface area contributed by atoms with Gasteiger partial charge >= 0.3 is 6.03 Å². The van der Waals surface area contributed by atoms with Gasteiger partial charge in [0.1, 0.15) is 0 Å². The van der Waals surface area contributed by atoms with Crippen LogP contribution in [0.5, 0.6) is 11.5 Å². The second kappa shape index (κ2) is 13.8. The van der Waals surface area contributed by atoms with Crippen molar-refractivity contribution >= 4 is 11.7 Å². The summed E-state index contributed by atoms with van der Waals surface area (Å²) in [5.41, 5.74) is 5.99. The number of methoxy groups -OCH3 is 2. The summed E-state index contributed by atoms with van der Waals surface area (Å²) in [6.45, 7) is 4.64. The lowest BCUT2D eigenvalue weighted by atomic mass is 9.53. The van der Waals surface area contributed by atoms with E-state index in [9.17, 15) is 9.90 Å². The van der Waals surface area contributed by atoms with Crippen LogP contribution in [0.2, 0.25) is 0 Å². The number of aliphatic hydroxyl groups excluding tert-OH is 1. The molecule has 4 aliphatic carbocycles. The third-order valence-electron chi connectivity index (χ3n) is 12.2. The Kier molecular flexibility index (Phi) is 9.27. The molecule has 9 rings (SSSR count). The number of carbonyl (C=O) groups is 1. The molecule has 9 nitrogen and oxygen atoms in total. The SMILES string of the molecule is COc1cc2c(cc1OC)CN(C[C@H]1O[C@@H](c3cccc(NC(=O)NC45CC6CC(CC(C6)C4)C5)c3)O[C@@H](c3ccc(CO)cc3)[C@H]1C)CC2. The lowest BCUT2D eigenvalue weighted by Gasteiger charge is -2.56. The number of nitrogens with one attached hydrogen (secondary N) is 2. The van der Waals surface area contributed by atoms with Crippen molar-refractivity contribution < 1.29 is 28.8 Å². The maximum atomic E-state index is 13.4. The van der Waals surface area contributed by atoms with E-state index in [1.165, 1.54) is 30.4 Å². The summed E-state index contributed by atoms with van der Waals surface area (Å²) < 4.78 is 24.8. The first-order valence-electron chi connectivity index (χ1n) is 18.5. The molecule has 2 heterocycles. The Morgan fingerprint density at radius 2 is 1.58 bits per heavy atom. The molecule has 0 spiro atoms. The summed E-state index contributed by atoms with van der Waals surface area (Å²) >= 11 is 0. The van der Waals surface area contributed by atoms with E-state index in [1.54, 1.807) is 14.2 Å². The van der Waals surface area contributed by atoms with Crippen LogP contribution in [0.3, 0.4) is 0 Å². The highest BCUT2D eigenvalue weighted by molar-refractivity contribution is 5.90. The molecule has 266 valence electrons. The van der Waals surface area contributed by atoms with Gasteiger partial charge in [-0.3, -0.25) is 4.90 Å². The van der Waals surface area contributed by atoms with Gasteiger partial charge in [0, 0.05) is 42.3 Å². The zero-order chi connectivity index (χ0) is 34.4. The van der Waals surface area contributed by atoms with E-state index in [1.807, 2.05) is 36.4 Å². The number of amides is 2. The third-order valence-corrected chi connectivity index (χ3v) is 12.2. The van der Waals surface area contributed by atoms with Crippen molar-refractivity contribution in [3.05, 3.63) is 88.5 Å². The van der Waals surface area contributed by atoms with Crippen molar-refractivity contribution in [3.8, 4) is 11.5 Å². The summed E-state index contributed by atoms with van der Waals surface area (Å²) in [5.74, 6) is 3.86. The molecule has 0 aromatic heterocycles. The molecular formula is C41H51N3O6. The third kappa shape index (κ3) is 6.73. The predicted octanol–water partition coefficient (Wildman–Crippen LogP) is 7.14. The maximum Gasteiger partial charge on any atom is 0.319 e. The van der Waals surface area contributed by atoms with Gasteiger partial charge in [-0.15, -0.1) is 0 Å². The molecule has 2 amide bonds. The molecule has 5 fully saturated rings. The first-order chi connectivity index (χ1) is 24.3. The van der Waals surface area contributed by atoms with Crippen molar-refractivity contribution in [2.45, 2.75) is 89.1 Å². The number of aliphatic hydroxyl groups is 1. The van der Waals surface area contributed by atoms with Gasteiger partial charge in [0.25, 0.3) is 0 Å². The van der Waals surface area contributed by atoms with Crippen molar-refractivity contribution in [1.82, 2.24) is 10.2 Å². The van der Waals surface area contributed by atoms with Crippen LogP contribution in [0.15, 0.2) is 60.7 Å². The fourth-order valence-corrected chi connectivity index (χ4v) is 10.1. The maximum absolute atomic E-state index is 13.4. The molecule has 3 aromatic carbocycles. The number of fused-ring (bicyclic) bond motifs is 1. The van der Waals surface area contributed by atoms with Gasteiger partial charge in [0.05, 0.1) is 33.0 Å². The molecule has 3 N–H and O–H groups in total. The number of rotatable bonds is 9. The molecule has 4 atom stereocenters. The number of nitrogens with zero attached hydrogens (tertiary/aromatic N) is 1. The highest BCUT2D eigenvalue weighted by atomic mass is 16.7. The number of anilines is 1. The minimum absolute atomic E-state index is 0.000946. The van der Waals surface area contributed by atoms with Crippen molar-refractivity contribution in [2.24, 2.45) is 23.7 Å². The Morgan fingerprint density at radius 3 is 2.24 bits per heavy atom. The molecular weight excluding hydrogens is 630 g/mol. The van der Waals surface area contributed by atoms with Crippen LogP contribution in [0.4, 0.5) is 10.5 Å². The number of hydrogen-bond acceptors (Lipinski definition) is 7. The first-order valence-corrected chi connectivity index (χ1v) is 18.5. The molecule has 4 bridgehead atoms. The zero-order valence-corrected chi connectivity index (χ0v) is 29.5. The standard InChI is InChI=1S/C41H51N3O6/c1-25-37(23-44-12-11-31-17-35(47-2)36(48-3)18-33(31)22-44)49-39(50-38(25)30-9-7-26(24-45)8-10-30)32-5-4-6-34(16-32)42-40(46)43-41-19-27-13-28(20-41)15-29(14-27)21-41/h4-10,16-18,25,27-29,37-39,45H,11-15,19-24H2,1-3H3,(H2,42,43,46)/t25-,27?,28?,29?,37+,38+,39+,41?/m0/s1. The van der Waals surface area contributed by atoms with Crippen molar-refractivity contribution in [1.29, 1.82) is 0 Å². The predicted molar refractivity (Wildman–Crippen MR) is 191 cm³/mol. The Labute approximate surface area is 295 Å². The van der Waals surface area contributed by atoms with Gasteiger partial charge in [0.2, 0.25) is 0 Å². The second-order valence-corrected chi connectivity index (χ2v) is 15.7. The summed E-state index contributed by atoms with van der Waals surface area (Å²) in [6.07, 6.45) is 7.32. The molecule has 9 heteroatoms. The number of urea groups is 1. The van der Waals surface area contributed by atoms with Crippen molar-refractivity contribution in [2.75, 3.05) is 32.6 Å². The molecule has 1 saturated heterocycles. The molecule has 0 unspecified atom stereocenters. The summed E-state index contributed by atoms with van der Waals surface area (Å²) in [7, 11) is 3.35. The quantitative estimate of drug-likeness (QED) is 0.221. The molecule has 3 aromatic rings. The van der Waals surface area contributed by atoms with Crippen LogP contribution in [0.1, 0.15) is 85.7 Å². The van der Waals surface area contributed by atoms with Crippen LogP contribution < -0.4 is 20.1 Å². The van der Waals surface area contributed by atoms with E-state index in [-0.39, 0.29) is 36.3 Å². The van der Waals surface area contributed by atoms with Gasteiger partial charge in [-0.2, -0.15) is 0 Å². The second-order valence-electron chi connectivity index (χ2n) is 15.7. The van der Waals surface area contributed by atoms with E-state index in [0.717, 1.165) is 96.9 Å². The average Bonchev–Trinajstić information content (AvgIpc) is 3.11. The van der Waals surface area contributed by atoms with E-state index in [4.69, 9.17) is 18.9 Å². The lowest BCUT2D eigenvalue weighted by Crippen LogP contribution is -2.60. The Balaban J connectivity index is 1.00. The average molecular weight is 682 g/mol. The van der Waals surface area contributed by atoms with Gasteiger partial charge in [-0.05, 0) is 109 Å². The summed E-state index contributed by atoms with van der Waals surface area (Å²) in [5, 5.41) is 16.3. The van der Waals surface area contributed by atoms with Crippen LogP contribution in [-0.2, 0) is 29.0 Å². The van der Waals surface area contributed by atoms with Gasteiger partial charge in [0.15, 0.2) is 17.8 Å². The summed E-state index contributed by atoms with van der Waals surface area (Å²) in [6, 6.07) is 20.0. The molecule has 0 radical (unpaired) electrons. The first kappa shape index (κ1) is 33.5. The number of benzene rings is 3. The van der Waals surface area contributed by atoms with Crippen LogP contribution >= 0.6 is 0 Å². The highest BCUT2D eigenvalue weighted by Crippen LogP contribution is 2.55. The van der Waals surface area contributed by atoms with E-state index >= 15 is 0 Å². The van der Waals surface area contributed by atoms with E-state index in [2.05, 4.69) is 46.7 Å². The Hall–Kier alpha value is -3.63. The van der Waals surface area contributed by atoms with Crippen molar-refractivity contribution in [3.63, 3.8) is 0 Å². The molecule has 50 heavy (non-hydrogen) atoms. The van der Waals surface area contributed by atoms with E-state index in [0.29, 0.717) is 0 Å². The smallest absolute Gasteiger partial charge is 0.319 e. The molecule has 4 saturated carbocycles.